The average Bonchev–Trinajstić information content (AvgIpc) is 3.16. The number of nitrogens with zero attached hydrogens (tertiary/aromatic N) is 2. The van der Waals surface area contributed by atoms with Crippen LogP contribution in [0.2, 0.25) is 0 Å². The van der Waals surface area contributed by atoms with Gasteiger partial charge in [0.25, 0.3) is 11.7 Å². The third-order valence-corrected chi connectivity index (χ3v) is 6.67. The van der Waals surface area contributed by atoms with Crippen molar-refractivity contribution in [3.63, 3.8) is 0 Å². The van der Waals surface area contributed by atoms with Crippen LogP contribution in [0, 0.1) is 0 Å². The molecule has 0 aliphatic carbocycles. The van der Waals surface area contributed by atoms with Crippen LogP contribution in [0.4, 0.5) is 0 Å². The highest BCUT2D eigenvalue weighted by molar-refractivity contribution is 6.46. The number of likely N-dealkylation sites (tertiary alicyclic amines) is 1. The normalized spacial score (nSPS) is 17.1. The van der Waals surface area contributed by atoms with Gasteiger partial charge in [-0.1, -0.05) is 45.7 Å². The molecule has 1 aliphatic rings. The molecule has 1 unspecified atom stereocenters. The minimum absolute atomic E-state index is 0.0985. The van der Waals surface area contributed by atoms with Crippen LogP contribution in [0.15, 0.2) is 54.1 Å². The molecule has 0 spiro atoms. The highest BCUT2D eigenvalue weighted by Gasteiger charge is 2.46. The van der Waals surface area contributed by atoms with Gasteiger partial charge in [-0.15, -0.1) is 0 Å². The van der Waals surface area contributed by atoms with Crippen molar-refractivity contribution in [2.75, 3.05) is 39.9 Å². The second kappa shape index (κ2) is 13.1. The number of rotatable bonds is 13. The van der Waals surface area contributed by atoms with Gasteiger partial charge in [0.05, 0.1) is 25.3 Å². The summed E-state index contributed by atoms with van der Waals surface area (Å²) in [4.78, 5) is 30.2. The Hall–Kier alpha value is -3.32. The van der Waals surface area contributed by atoms with E-state index in [0.29, 0.717) is 31.0 Å². The maximum atomic E-state index is 13.2. The molecule has 7 nitrogen and oxygen atoms in total. The van der Waals surface area contributed by atoms with Crippen LogP contribution in [0.25, 0.3) is 5.76 Å². The van der Waals surface area contributed by atoms with E-state index in [4.69, 9.17) is 9.47 Å². The molecule has 7 heteroatoms. The fraction of sp³-hybridized carbons (Fsp3) is 0.448. The molecule has 0 saturated carbocycles. The Kier molecular flexibility index (Phi) is 9.94. The summed E-state index contributed by atoms with van der Waals surface area (Å²) in [6, 6.07) is 13.6. The molecular formula is C29H38N2O5. The van der Waals surface area contributed by atoms with Gasteiger partial charge in [-0.3, -0.25) is 9.59 Å². The fourth-order valence-electron chi connectivity index (χ4n) is 4.44. The molecule has 0 radical (unpaired) electrons. The highest BCUT2D eigenvalue weighted by Crippen LogP contribution is 2.39. The summed E-state index contributed by atoms with van der Waals surface area (Å²) in [5.74, 6) is -0.0801. The molecule has 2 aromatic rings. The molecule has 194 valence electrons. The van der Waals surface area contributed by atoms with E-state index in [1.165, 1.54) is 0 Å². The van der Waals surface area contributed by atoms with Crippen LogP contribution >= 0.6 is 0 Å². The Morgan fingerprint density at radius 2 is 1.58 bits per heavy atom. The predicted octanol–water partition coefficient (Wildman–Crippen LogP) is 5.03. The Labute approximate surface area is 214 Å². The van der Waals surface area contributed by atoms with Crippen molar-refractivity contribution in [2.45, 2.75) is 46.1 Å². The summed E-state index contributed by atoms with van der Waals surface area (Å²) in [5, 5.41) is 11.2. The van der Waals surface area contributed by atoms with Crippen molar-refractivity contribution in [3.8, 4) is 11.5 Å². The van der Waals surface area contributed by atoms with Gasteiger partial charge in [-0.25, -0.2) is 0 Å². The van der Waals surface area contributed by atoms with E-state index in [1.807, 2.05) is 24.3 Å². The van der Waals surface area contributed by atoms with Gasteiger partial charge in [-0.2, -0.15) is 0 Å². The van der Waals surface area contributed by atoms with Crippen LogP contribution in [-0.2, 0) is 9.59 Å². The number of amides is 1. The van der Waals surface area contributed by atoms with Crippen molar-refractivity contribution in [2.24, 2.45) is 0 Å². The van der Waals surface area contributed by atoms with Crippen molar-refractivity contribution < 1.29 is 24.2 Å². The van der Waals surface area contributed by atoms with Gasteiger partial charge < -0.3 is 24.4 Å². The number of aliphatic hydroxyl groups is 1. The quantitative estimate of drug-likeness (QED) is 0.182. The molecule has 0 bridgehead atoms. The van der Waals surface area contributed by atoms with Crippen molar-refractivity contribution >= 4 is 17.4 Å². The van der Waals surface area contributed by atoms with E-state index in [9.17, 15) is 14.7 Å². The number of benzene rings is 2. The lowest BCUT2D eigenvalue weighted by molar-refractivity contribution is -0.140. The van der Waals surface area contributed by atoms with Crippen LogP contribution in [-0.4, -0.2) is 66.5 Å². The highest BCUT2D eigenvalue weighted by atomic mass is 16.5. The Bertz CT molecular complexity index is 1040. The smallest absolute Gasteiger partial charge is 0.295 e. The van der Waals surface area contributed by atoms with Crippen molar-refractivity contribution in [3.05, 3.63) is 65.2 Å². The largest absolute Gasteiger partial charge is 0.507 e. The lowest BCUT2D eigenvalue weighted by Crippen LogP contribution is -2.38. The maximum Gasteiger partial charge on any atom is 0.295 e. The maximum absolute atomic E-state index is 13.2. The van der Waals surface area contributed by atoms with E-state index in [2.05, 4.69) is 25.7 Å². The molecule has 1 aliphatic heterocycles. The Morgan fingerprint density at radius 1 is 0.944 bits per heavy atom. The summed E-state index contributed by atoms with van der Waals surface area (Å²) >= 11 is 0. The van der Waals surface area contributed by atoms with Gasteiger partial charge >= 0.3 is 0 Å². The number of Topliss-reactive ketones (excluding diaryl/α,β-unsaturated/α-hetero) is 1. The van der Waals surface area contributed by atoms with Gasteiger partial charge in [0.15, 0.2) is 0 Å². The molecular weight excluding hydrogens is 456 g/mol. The SMILES string of the molecule is CCCCCOc1ccc(C2C(=C(O)c3ccc(OC)cc3)C(=O)C(=O)N2CCN(CC)CC)cc1. The first-order valence-corrected chi connectivity index (χ1v) is 12.8. The lowest BCUT2D eigenvalue weighted by atomic mass is 9.95. The molecule has 1 amide bonds. The second-order valence-corrected chi connectivity index (χ2v) is 8.87. The Morgan fingerprint density at radius 3 is 2.17 bits per heavy atom. The molecule has 1 N–H and O–H groups in total. The second-order valence-electron chi connectivity index (χ2n) is 8.87. The van der Waals surface area contributed by atoms with Gasteiger partial charge in [0.1, 0.15) is 17.3 Å². The summed E-state index contributed by atoms with van der Waals surface area (Å²) in [5.41, 5.74) is 1.31. The molecule has 1 saturated heterocycles. The molecule has 1 heterocycles. The molecule has 36 heavy (non-hydrogen) atoms. The van der Waals surface area contributed by atoms with E-state index in [1.54, 1.807) is 36.3 Å². The van der Waals surface area contributed by atoms with Crippen LogP contribution in [0.1, 0.15) is 57.2 Å². The number of hydrogen-bond donors (Lipinski definition) is 1. The molecule has 3 rings (SSSR count). The topological polar surface area (TPSA) is 79.3 Å². The average molecular weight is 495 g/mol. The number of ether oxygens (including phenoxy) is 2. The zero-order valence-electron chi connectivity index (χ0n) is 21.8. The fourth-order valence-corrected chi connectivity index (χ4v) is 4.44. The number of ketones is 1. The summed E-state index contributed by atoms with van der Waals surface area (Å²) in [6.07, 6.45) is 3.23. The number of aliphatic hydroxyl groups excluding tert-OH is 1. The summed E-state index contributed by atoms with van der Waals surface area (Å²) in [6.45, 7) is 9.64. The van der Waals surface area contributed by atoms with Gasteiger partial charge in [0.2, 0.25) is 0 Å². The van der Waals surface area contributed by atoms with E-state index < -0.39 is 17.7 Å². The number of carbonyl (C=O) groups excluding carboxylic acids is 2. The third kappa shape index (κ3) is 6.26. The van der Waals surface area contributed by atoms with Crippen LogP contribution in [0.3, 0.4) is 0 Å². The first-order chi connectivity index (χ1) is 17.4. The van der Waals surface area contributed by atoms with Crippen LogP contribution < -0.4 is 9.47 Å². The number of carbonyl (C=O) groups is 2. The summed E-state index contributed by atoms with van der Waals surface area (Å²) < 4.78 is 11.0. The number of unbranched alkanes of at least 4 members (excludes halogenated alkanes) is 2. The third-order valence-electron chi connectivity index (χ3n) is 6.67. The first-order valence-electron chi connectivity index (χ1n) is 12.8. The minimum Gasteiger partial charge on any atom is -0.507 e. The zero-order chi connectivity index (χ0) is 26.1. The zero-order valence-corrected chi connectivity index (χ0v) is 21.8. The summed E-state index contributed by atoms with van der Waals surface area (Å²) in [7, 11) is 1.56. The Balaban J connectivity index is 1.97. The number of methoxy groups -OCH3 is 1. The van der Waals surface area contributed by atoms with E-state index in [0.717, 1.165) is 43.7 Å². The van der Waals surface area contributed by atoms with Crippen molar-refractivity contribution in [1.82, 2.24) is 9.80 Å². The monoisotopic (exact) mass is 494 g/mol. The number of hydrogen-bond acceptors (Lipinski definition) is 6. The first kappa shape index (κ1) is 27.3. The molecule has 1 atom stereocenters. The molecule has 2 aromatic carbocycles. The standard InChI is InChI=1S/C29H38N2O5/c1-5-8-9-20-36-24-16-10-21(11-17-24)26-25(27(32)22-12-14-23(35-4)15-13-22)28(33)29(34)31(26)19-18-30(6-2)7-3/h10-17,26,32H,5-9,18-20H2,1-4H3. The van der Waals surface area contributed by atoms with E-state index >= 15 is 0 Å². The van der Waals surface area contributed by atoms with Crippen molar-refractivity contribution in [1.29, 1.82) is 0 Å². The van der Waals surface area contributed by atoms with Gasteiger partial charge in [0, 0.05) is 18.7 Å². The molecule has 1 fully saturated rings. The van der Waals surface area contributed by atoms with E-state index in [-0.39, 0.29) is 11.3 Å². The van der Waals surface area contributed by atoms with Gasteiger partial charge in [-0.05, 0) is 61.5 Å². The minimum atomic E-state index is -0.684. The van der Waals surface area contributed by atoms with Crippen LogP contribution in [0.5, 0.6) is 11.5 Å². The number of likely N-dealkylation sites (N-methyl/N-ethyl adjacent to an activating group) is 1. The predicted molar refractivity (Wildman–Crippen MR) is 141 cm³/mol. The molecule has 0 aromatic heterocycles. The lowest BCUT2D eigenvalue weighted by Gasteiger charge is -2.28.